The summed E-state index contributed by atoms with van der Waals surface area (Å²) < 4.78 is 35.9. The first-order valence-electron chi connectivity index (χ1n) is 5.74. The first-order valence-corrected chi connectivity index (χ1v) is 7.22. The van der Waals surface area contributed by atoms with E-state index < -0.39 is 10.0 Å². The smallest absolute Gasteiger partial charge is 0.274 e. The fourth-order valence-corrected chi connectivity index (χ4v) is 2.34. The molecular weight excluding hydrogens is 258 g/mol. The van der Waals surface area contributed by atoms with Crippen molar-refractivity contribution >= 4 is 16.3 Å². The van der Waals surface area contributed by atoms with Crippen LogP contribution in [0.1, 0.15) is 23.4 Å². The van der Waals surface area contributed by atoms with E-state index in [4.69, 9.17) is 9.15 Å². The van der Waals surface area contributed by atoms with Crippen molar-refractivity contribution in [3.63, 3.8) is 0 Å². The van der Waals surface area contributed by atoms with Gasteiger partial charge < -0.3 is 9.15 Å². The molecule has 1 aromatic heterocycles. The summed E-state index contributed by atoms with van der Waals surface area (Å²) in [6, 6.07) is 2.56. The molecule has 0 aromatic carbocycles. The molecule has 0 amide bonds. The summed E-state index contributed by atoms with van der Waals surface area (Å²) in [5.41, 5.74) is 0. The second-order valence-electron chi connectivity index (χ2n) is 4.19. The maximum Gasteiger partial charge on any atom is 0.274 e. The molecule has 6 nitrogen and oxygen atoms in total. The molecule has 1 fully saturated rings. The first-order chi connectivity index (χ1) is 8.62. The molecule has 100 valence electrons. The number of hydrogen-bond donors (Lipinski definition) is 1. The van der Waals surface area contributed by atoms with Gasteiger partial charge in [-0.1, -0.05) is 0 Å². The van der Waals surface area contributed by atoms with Crippen molar-refractivity contribution in [1.29, 1.82) is 0 Å². The Labute approximate surface area is 105 Å². The van der Waals surface area contributed by atoms with Crippen molar-refractivity contribution in [3.05, 3.63) is 17.9 Å². The minimum Gasteiger partial charge on any atom is -0.440 e. The maximum absolute atomic E-state index is 11.7. The van der Waals surface area contributed by atoms with E-state index in [2.05, 4.69) is 4.72 Å². The Morgan fingerprint density at radius 2 is 2.22 bits per heavy atom. The van der Waals surface area contributed by atoms with E-state index in [0.717, 1.165) is 0 Å². The van der Waals surface area contributed by atoms with Crippen LogP contribution in [-0.4, -0.2) is 34.5 Å². The second-order valence-corrected chi connectivity index (χ2v) is 5.89. The quantitative estimate of drug-likeness (QED) is 0.559. The molecule has 0 saturated heterocycles. The van der Waals surface area contributed by atoms with Crippen LogP contribution in [0.5, 0.6) is 0 Å². The van der Waals surface area contributed by atoms with Gasteiger partial charge in [-0.05, 0) is 30.9 Å². The number of aldehydes is 1. The minimum atomic E-state index is -3.69. The molecule has 0 radical (unpaired) electrons. The Kier molecular flexibility index (Phi) is 4.15. The third-order valence-electron chi connectivity index (χ3n) is 2.57. The molecule has 0 spiro atoms. The van der Waals surface area contributed by atoms with Crippen molar-refractivity contribution in [2.24, 2.45) is 5.92 Å². The van der Waals surface area contributed by atoms with E-state index in [1.54, 1.807) is 0 Å². The van der Waals surface area contributed by atoms with E-state index in [1.807, 2.05) is 0 Å². The molecule has 1 heterocycles. The predicted octanol–water partition coefficient (Wildman–Crippen LogP) is 0.797. The van der Waals surface area contributed by atoms with Crippen LogP contribution < -0.4 is 4.72 Å². The number of furan rings is 1. The lowest BCUT2D eigenvalue weighted by Crippen LogP contribution is -2.27. The van der Waals surface area contributed by atoms with Crippen LogP contribution in [0.15, 0.2) is 21.6 Å². The molecule has 1 aliphatic rings. The number of hydrogen-bond acceptors (Lipinski definition) is 5. The zero-order valence-electron chi connectivity index (χ0n) is 9.79. The molecule has 0 atom stereocenters. The molecule has 2 rings (SSSR count). The van der Waals surface area contributed by atoms with Gasteiger partial charge in [-0.2, -0.15) is 0 Å². The van der Waals surface area contributed by atoms with Crippen molar-refractivity contribution < 1.29 is 22.4 Å². The van der Waals surface area contributed by atoms with Gasteiger partial charge in [-0.3, -0.25) is 4.79 Å². The van der Waals surface area contributed by atoms with Gasteiger partial charge in [-0.15, -0.1) is 0 Å². The number of carbonyl (C=O) groups excluding carboxylic acids is 1. The van der Waals surface area contributed by atoms with Gasteiger partial charge in [-0.25, -0.2) is 13.1 Å². The molecule has 1 saturated carbocycles. The molecule has 1 aromatic rings. The summed E-state index contributed by atoms with van der Waals surface area (Å²) in [6.45, 7) is 1.21. The van der Waals surface area contributed by atoms with Crippen LogP contribution in [0, 0.1) is 5.92 Å². The van der Waals surface area contributed by atoms with Gasteiger partial charge in [0.15, 0.2) is 12.0 Å². The molecule has 1 aliphatic carbocycles. The molecule has 1 N–H and O–H groups in total. The maximum atomic E-state index is 11.7. The largest absolute Gasteiger partial charge is 0.440 e. The zero-order valence-corrected chi connectivity index (χ0v) is 10.6. The SMILES string of the molecule is O=Cc1ccc(S(=O)(=O)NCCOCC2CC2)o1. The standard InChI is InChI=1S/C11H15NO5S/c13-7-10-3-4-11(17-10)18(14,15)12-5-6-16-8-9-1-2-9/h3-4,7,9,12H,1-2,5-6,8H2. The average molecular weight is 273 g/mol. The van der Waals surface area contributed by atoms with Gasteiger partial charge in [0, 0.05) is 13.2 Å². The van der Waals surface area contributed by atoms with Gasteiger partial charge in [0.1, 0.15) is 0 Å². The Hall–Kier alpha value is -1.18. The first kappa shape index (κ1) is 13.3. The Bertz CT molecular complexity index is 503. The van der Waals surface area contributed by atoms with Crippen molar-refractivity contribution in [3.8, 4) is 0 Å². The van der Waals surface area contributed by atoms with Crippen LogP contribution in [0.3, 0.4) is 0 Å². The van der Waals surface area contributed by atoms with E-state index in [1.165, 1.54) is 25.0 Å². The third kappa shape index (κ3) is 3.66. The lowest BCUT2D eigenvalue weighted by Gasteiger charge is -2.04. The topological polar surface area (TPSA) is 85.6 Å². The van der Waals surface area contributed by atoms with Crippen LogP contribution in [0.2, 0.25) is 0 Å². The monoisotopic (exact) mass is 273 g/mol. The number of rotatable bonds is 8. The Balaban J connectivity index is 1.77. The highest BCUT2D eigenvalue weighted by molar-refractivity contribution is 7.89. The lowest BCUT2D eigenvalue weighted by molar-refractivity contribution is 0.109. The summed E-state index contributed by atoms with van der Waals surface area (Å²) in [5, 5.41) is -0.258. The van der Waals surface area contributed by atoms with Crippen LogP contribution in [-0.2, 0) is 14.8 Å². The van der Waals surface area contributed by atoms with E-state index in [0.29, 0.717) is 25.4 Å². The fraction of sp³-hybridized carbons (Fsp3) is 0.545. The predicted molar refractivity (Wildman–Crippen MR) is 62.8 cm³/mol. The van der Waals surface area contributed by atoms with Crippen LogP contribution >= 0.6 is 0 Å². The molecule has 18 heavy (non-hydrogen) atoms. The fourth-order valence-electron chi connectivity index (χ4n) is 1.40. The van der Waals surface area contributed by atoms with Gasteiger partial charge in [0.05, 0.1) is 6.61 Å². The van der Waals surface area contributed by atoms with Crippen LogP contribution in [0.4, 0.5) is 0 Å². The number of sulfonamides is 1. The highest BCUT2D eigenvalue weighted by Crippen LogP contribution is 2.28. The van der Waals surface area contributed by atoms with E-state index in [-0.39, 0.29) is 17.4 Å². The Morgan fingerprint density at radius 1 is 1.44 bits per heavy atom. The van der Waals surface area contributed by atoms with Crippen molar-refractivity contribution in [1.82, 2.24) is 4.72 Å². The average Bonchev–Trinajstić information content (AvgIpc) is 3.03. The summed E-state index contributed by atoms with van der Waals surface area (Å²) in [6.07, 6.45) is 2.86. The van der Waals surface area contributed by atoms with Crippen LogP contribution in [0.25, 0.3) is 0 Å². The molecular formula is C11H15NO5S. The third-order valence-corrected chi connectivity index (χ3v) is 3.91. The highest BCUT2D eigenvalue weighted by atomic mass is 32.2. The normalized spacial score (nSPS) is 15.8. The second kappa shape index (κ2) is 5.64. The molecule has 0 unspecified atom stereocenters. The zero-order chi connectivity index (χ0) is 13.0. The van der Waals surface area contributed by atoms with E-state index >= 15 is 0 Å². The summed E-state index contributed by atoms with van der Waals surface area (Å²) >= 11 is 0. The number of carbonyl (C=O) groups is 1. The summed E-state index contributed by atoms with van der Waals surface area (Å²) in [5.74, 6) is 0.641. The molecule has 0 bridgehead atoms. The number of nitrogens with one attached hydrogen (secondary N) is 1. The summed E-state index contributed by atoms with van der Waals surface area (Å²) in [4.78, 5) is 10.4. The van der Waals surface area contributed by atoms with Gasteiger partial charge in [0.2, 0.25) is 5.09 Å². The molecule has 7 heteroatoms. The van der Waals surface area contributed by atoms with Crippen molar-refractivity contribution in [2.75, 3.05) is 19.8 Å². The number of ether oxygens (including phenoxy) is 1. The highest BCUT2D eigenvalue weighted by Gasteiger charge is 2.21. The van der Waals surface area contributed by atoms with E-state index in [9.17, 15) is 13.2 Å². The minimum absolute atomic E-state index is 0.0136. The summed E-state index contributed by atoms with van der Waals surface area (Å²) in [7, 11) is -3.69. The molecule has 0 aliphatic heterocycles. The Morgan fingerprint density at radius 3 is 2.83 bits per heavy atom. The van der Waals surface area contributed by atoms with Gasteiger partial charge >= 0.3 is 0 Å². The lowest BCUT2D eigenvalue weighted by atomic mass is 10.5. The van der Waals surface area contributed by atoms with Crippen molar-refractivity contribution in [2.45, 2.75) is 17.9 Å². The van der Waals surface area contributed by atoms with Gasteiger partial charge in [0.25, 0.3) is 10.0 Å².